The van der Waals surface area contributed by atoms with Gasteiger partial charge in [0, 0.05) is 6.04 Å². The molecule has 2 nitrogen and oxygen atoms in total. The second-order valence-electron chi connectivity index (χ2n) is 4.98. The third-order valence-electron chi connectivity index (χ3n) is 3.30. The van der Waals surface area contributed by atoms with Crippen LogP contribution in [0.2, 0.25) is 0 Å². The van der Waals surface area contributed by atoms with Crippen LogP contribution in [0.3, 0.4) is 0 Å². The second-order valence-corrected chi connectivity index (χ2v) is 4.98. The van der Waals surface area contributed by atoms with Crippen LogP contribution in [0.15, 0.2) is 0 Å². The van der Waals surface area contributed by atoms with Crippen LogP contribution in [0.5, 0.6) is 0 Å². The van der Waals surface area contributed by atoms with Crippen molar-refractivity contribution in [1.29, 1.82) is 0 Å². The maximum absolute atomic E-state index is 3.70. The molecule has 1 aliphatic carbocycles. The Morgan fingerprint density at radius 3 is 2.57 bits per heavy atom. The van der Waals surface area contributed by atoms with Crippen LogP contribution < -0.4 is 5.32 Å². The third kappa shape index (κ3) is 4.43. The highest BCUT2D eigenvalue weighted by Crippen LogP contribution is 2.23. The first kappa shape index (κ1) is 12.0. The van der Waals surface area contributed by atoms with Crippen molar-refractivity contribution in [2.24, 2.45) is 5.92 Å². The number of nitrogens with zero attached hydrogens (tertiary/aromatic N) is 1. The minimum Gasteiger partial charge on any atom is -0.314 e. The van der Waals surface area contributed by atoms with E-state index in [9.17, 15) is 0 Å². The first-order valence-electron chi connectivity index (χ1n) is 6.08. The van der Waals surface area contributed by atoms with Crippen molar-refractivity contribution in [3.05, 3.63) is 0 Å². The molecule has 1 aliphatic rings. The van der Waals surface area contributed by atoms with Crippen molar-refractivity contribution in [2.75, 3.05) is 27.2 Å². The summed E-state index contributed by atoms with van der Waals surface area (Å²) in [5.74, 6) is 0.892. The van der Waals surface area contributed by atoms with Crippen LogP contribution in [0.25, 0.3) is 0 Å². The summed E-state index contributed by atoms with van der Waals surface area (Å²) in [6.07, 6.45) is 6.96. The van der Waals surface area contributed by atoms with Crippen molar-refractivity contribution in [3.8, 4) is 0 Å². The summed E-state index contributed by atoms with van der Waals surface area (Å²) >= 11 is 0. The summed E-state index contributed by atoms with van der Waals surface area (Å²) < 4.78 is 0. The van der Waals surface area contributed by atoms with Gasteiger partial charge in [0.2, 0.25) is 0 Å². The van der Waals surface area contributed by atoms with E-state index >= 15 is 0 Å². The molecule has 0 amide bonds. The SMILES string of the molecule is CC1CCCCC1NCCCN(C)C. The van der Waals surface area contributed by atoms with Crippen molar-refractivity contribution in [2.45, 2.75) is 45.1 Å². The van der Waals surface area contributed by atoms with Gasteiger partial charge in [-0.25, -0.2) is 0 Å². The van der Waals surface area contributed by atoms with Gasteiger partial charge < -0.3 is 10.2 Å². The highest BCUT2D eigenvalue weighted by atomic mass is 15.1. The largest absolute Gasteiger partial charge is 0.314 e. The monoisotopic (exact) mass is 198 g/mol. The molecule has 0 bridgehead atoms. The van der Waals surface area contributed by atoms with Crippen molar-refractivity contribution < 1.29 is 0 Å². The fourth-order valence-corrected chi connectivity index (χ4v) is 2.30. The zero-order chi connectivity index (χ0) is 10.4. The van der Waals surface area contributed by atoms with Crippen molar-refractivity contribution >= 4 is 0 Å². The second kappa shape index (κ2) is 6.41. The van der Waals surface area contributed by atoms with E-state index < -0.39 is 0 Å². The molecule has 0 aromatic carbocycles. The number of nitrogens with one attached hydrogen (secondary N) is 1. The first-order chi connectivity index (χ1) is 6.70. The Labute approximate surface area is 89.1 Å². The maximum Gasteiger partial charge on any atom is 0.00926 e. The molecule has 2 unspecified atom stereocenters. The van der Waals surface area contributed by atoms with Crippen LogP contribution in [0, 0.1) is 5.92 Å². The van der Waals surface area contributed by atoms with Crippen molar-refractivity contribution in [3.63, 3.8) is 0 Å². The molecule has 0 radical (unpaired) electrons. The van der Waals surface area contributed by atoms with Gasteiger partial charge in [-0.15, -0.1) is 0 Å². The Morgan fingerprint density at radius 2 is 1.93 bits per heavy atom. The van der Waals surface area contributed by atoms with E-state index in [-0.39, 0.29) is 0 Å². The summed E-state index contributed by atoms with van der Waals surface area (Å²) in [5, 5.41) is 3.70. The quantitative estimate of drug-likeness (QED) is 0.681. The zero-order valence-corrected chi connectivity index (χ0v) is 10.1. The van der Waals surface area contributed by atoms with E-state index in [4.69, 9.17) is 0 Å². The molecule has 0 heterocycles. The van der Waals surface area contributed by atoms with Gasteiger partial charge in [-0.3, -0.25) is 0 Å². The third-order valence-corrected chi connectivity index (χ3v) is 3.30. The lowest BCUT2D eigenvalue weighted by Gasteiger charge is -2.29. The topological polar surface area (TPSA) is 15.3 Å². The van der Waals surface area contributed by atoms with Gasteiger partial charge in [0.15, 0.2) is 0 Å². The summed E-state index contributed by atoms with van der Waals surface area (Å²) in [7, 11) is 4.28. The summed E-state index contributed by atoms with van der Waals surface area (Å²) in [6, 6.07) is 0.797. The van der Waals surface area contributed by atoms with Crippen LogP contribution in [0.4, 0.5) is 0 Å². The number of hydrogen-bond donors (Lipinski definition) is 1. The van der Waals surface area contributed by atoms with E-state index in [0.29, 0.717) is 0 Å². The molecule has 2 atom stereocenters. The van der Waals surface area contributed by atoms with E-state index in [2.05, 4.69) is 31.2 Å². The van der Waals surface area contributed by atoms with Gasteiger partial charge in [-0.05, 0) is 52.4 Å². The fourth-order valence-electron chi connectivity index (χ4n) is 2.30. The minimum absolute atomic E-state index is 0.797. The average molecular weight is 198 g/mol. The molecule has 14 heavy (non-hydrogen) atoms. The van der Waals surface area contributed by atoms with E-state index in [1.54, 1.807) is 0 Å². The molecule has 0 saturated heterocycles. The lowest BCUT2D eigenvalue weighted by Crippen LogP contribution is -2.38. The lowest BCUT2D eigenvalue weighted by atomic mass is 9.86. The van der Waals surface area contributed by atoms with Gasteiger partial charge in [0.05, 0.1) is 0 Å². The van der Waals surface area contributed by atoms with Gasteiger partial charge in [0.25, 0.3) is 0 Å². The molecule has 0 spiro atoms. The highest BCUT2D eigenvalue weighted by molar-refractivity contribution is 4.77. The highest BCUT2D eigenvalue weighted by Gasteiger charge is 2.19. The first-order valence-corrected chi connectivity index (χ1v) is 6.08. The van der Waals surface area contributed by atoms with E-state index in [1.807, 2.05) is 0 Å². The molecule has 1 rings (SSSR count). The maximum atomic E-state index is 3.70. The Bertz CT molecular complexity index is 145. The average Bonchev–Trinajstić information content (AvgIpc) is 2.15. The normalized spacial score (nSPS) is 28.3. The van der Waals surface area contributed by atoms with Crippen LogP contribution >= 0.6 is 0 Å². The van der Waals surface area contributed by atoms with Crippen molar-refractivity contribution in [1.82, 2.24) is 10.2 Å². The molecule has 0 aromatic rings. The molecule has 1 saturated carbocycles. The predicted molar refractivity (Wildman–Crippen MR) is 62.6 cm³/mol. The molecule has 1 N–H and O–H groups in total. The smallest absolute Gasteiger partial charge is 0.00926 e. The fraction of sp³-hybridized carbons (Fsp3) is 1.00. The number of rotatable bonds is 5. The number of hydrogen-bond acceptors (Lipinski definition) is 2. The summed E-state index contributed by atoms with van der Waals surface area (Å²) in [4.78, 5) is 2.26. The zero-order valence-electron chi connectivity index (χ0n) is 10.1. The Kier molecular flexibility index (Phi) is 5.49. The van der Waals surface area contributed by atoms with Crippen LogP contribution in [-0.2, 0) is 0 Å². The Hall–Kier alpha value is -0.0800. The minimum atomic E-state index is 0.797. The summed E-state index contributed by atoms with van der Waals surface area (Å²) in [6.45, 7) is 4.78. The lowest BCUT2D eigenvalue weighted by molar-refractivity contribution is 0.275. The molecule has 1 fully saturated rings. The molecule has 2 heteroatoms. The molecule has 0 aliphatic heterocycles. The molecular weight excluding hydrogens is 172 g/mol. The molecule has 84 valence electrons. The van der Waals surface area contributed by atoms with Crippen LogP contribution in [0.1, 0.15) is 39.0 Å². The molecular formula is C12H26N2. The van der Waals surface area contributed by atoms with Gasteiger partial charge >= 0.3 is 0 Å². The van der Waals surface area contributed by atoms with Crippen LogP contribution in [-0.4, -0.2) is 38.1 Å². The van der Waals surface area contributed by atoms with E-state index in [1.165, 1.54) is 45.2 Å². The Balaban J connectivity index is 2.04. The molecule has 0 aromatic heterocycles. The van der Waals surface area contributed by atoms with Gasteiger partial charge in [-0.1, -0.05) is 19.8 Å². The standard InChI is InChI=1S/C12H26N2/c1-11-7-4-5-8-12(11)13-9-6-10-14(2)3/h11-13H,4-10H2,1-3H3. The predicted octanol–water partition coefficient (Wildman–Crippen LogP) is 2.11. The van der Waals surface area contributed by atoms with Gasteiger partial charge in [0.1, 0.15) is 0 Å². The summed E-state index contributed by atoms with van der Waals surface area (Å²) in [5.41, 5.74) is 0. The van der Waals surface area contributed by atoms with Gasteiger partial charge in [-0.2, -0.15) is 0 Å². The Morgan fingerprint density at radius 1 is 1.21 bits per heavy atom. The van der Waals surface area contributed by atoms with E-state index in [0.717, 1.165) is 12.0 Å².